The maximum atomic E-state index is 6.13. The highest BCUT2D eigenvalue weighted by Crippen LogP contribution is 2.34. The molecule has 3 aromatic heterocycles. The van der Waals surface area contributed by atoms with E-state index in [1.54, 1.807) is 36.4 Å². The fourth-order valence-electron chi connectivity index (χ4n) is 3.31. The second kappa shape index (κ2) is 9.74. The van der Waals surface area contributed by atoms with E-state index in [1.165, 1.54) is 0 Å². The van der Waals surface area contributed by atoms with Crippen molar-refractivity contribution in [3.63, 3.8) is 0 Å². The minimum atomic E-state index is 0.654. The van der Waals surface area contributed by atoms with Crippen LogP contribution in [0.3, 0.4) is 0 Å². The normalized spacial score (nSPS) is 11.0. The Labute approximate surface area is 204 Å². The molecular weight excluding hydrogens is 474 g/mol. The molecule has 0 bridgehead atoms. The van der Waals surface area contributed by atoms with Gasteiger partial charge in [-0.05, 0) is 48.5 Å². The maximum Gasteiger partial charge on any atom is 0.196 e. The number of nitrogens with zero attached hydrogens (tertiary/aromatic N) is 5. The van der Waals surface area contributed by atoms with E-state index in [-0.39, 0.29) is 0 Å². The Hall–Kier alpha value is -3.20. The highest BCUT2D eigenvalue weighted by atomic mass is 35.5. The minimum absolute atomic E-state index is 0.654. The van der Waals surface area contributed by atoms with Gasteiger partial charge in [-0.2, -0.15) is 0 Å². The van der Waals surface area contributed by atoms with Crippen molar-refractivity contribution < 1.29 is 4.74 Å². The number of pyridine rings is 1. The molecule has 3 heterocycles. The number of rotatable bonds is 7. The second-order valence-corrected chi connectivity index (χ2v) is 9.20. The van der Waals surface area contributed by atoms with Crippen LogP contribution in [0, 0.1) is 0 Å². The van der Waals surface area contributed by atoms with Crippen LogP contribution < -0.4 is 4.74 Å². The number of ether oxygens (including phenoxy) is 1. The number of thiazole rings is 1. The molecule has 0 N–H and O–H groups in total. The molecule has 33 heavy (non-hydrogen) atoms. The highest BCUT2D eigenvalue weighted by molar-refractivity contribution is 7.98. The standard InChI is InChI=1S/C24H18ClN5OS2/c1-31-21-8-3-2-6-19(21)22-28-29-24(30(22)18-11-9-16(25)10-12-18)33-15-17-14-32-23(27-17)20-7-4-5-13-26-20/h2-14H,15H2,1H3. The van der Waals surface area contributed by atoms with Crippen LogP contribution in [-0.2, 0) is 5.75 Å². The third-order valence-electron chi connectivity index (χ3n) is 4.85. The number of methoxy groups -OCH3 is 1. The second-order valence-electron chi connectivity index (χ2n) is 6.97. The summed E-state index contributed by atoms with van der Waals surface area (Å²) in [4.78, 5) is 9.13. The number of thioether (sulfide) groups is 1. The van der Waals surface area contributed by atoms with E-state index < -0.39 is 0 Å². The molecule has 9 heteroatoms. The Morgan fingerprint density at radius 2 is 1.82 bits per heavy atom. The average molecular weight is 492 g/mol. The van der Waals surface area contributed by atoms with Crippen molar-refractivity contribution in [2.24, 2.45) is 0 Å². The number of halogens is 1. The van der Waals surface area contributed by atoms with Gasteiger partial charge in [0.25, 0.3) is 0 Å². The van der Waals surface area contributed by atoms with E-state index in [9.17, 15) is 0 Å². The van der Waals surface area contributed by atoms with Gasteiger partial charge in [-0.3, -0.25) is 9.55 Å². The lowest BCUT2D eigenvalue weighted by molar-refractivity contribution is 0.416. The SMILES string of the molecule is COc1ccccc1-c1nnc(SCc2csc(-c3ccccn3)n2)n1-c1ccc(Cl)cc1. The summed E-state index contributed by atoms with van der Waals surface area (Å²) in [5.41, 5.74) is 3.62. The monoisotopic (exact) mass is 491 g/mol. The topological polar surface area (TPSA) is 65.7 Å². The molecule has 0 aliphatic carbocycles. The predicted octanol–water partition coefficient (Wildman–Crippen LogP) is 6.41. The smallest absolute Gasteiger partial charge is 0.196 e. The summed E-state index contributed by atoms with van der Waals surface area (Å²) in [6.45, 7) is 0. The maximum absolute atomic E-state index is 6.13. The fourth-order valence-corrected chi connectivity index (χ4v) is 5.18. The van der Waals surface area contributed by atoms with Gasteiger partial charge in [-0.1, -0.05) is 41.6 Å². The summed E-state index contributed by atoms with van der Waals surface area (Å²) >= 11 is 9.30. The van der Waals surface area contributed by atoms with E-state index in [2.05, 4.69) is 20.6 Å². The van der Waals surface area contributed by atoms with Crippen LogP contribution in [-0.4, -0.2) is 31.8 Å². The van der Waals surface area contributed by atoms with Crippen LogP contribution in [0.25, 0.3) is 27.8 Å². The first-order valence-electron chi connectivity index (χ1n) is 10.1. The summed E-state index contributed by atoms with van der Waals surface area (Å²) < 4.78 is 7.59. The molecule has 0 aliphatic rings. The number of benzene rings is 2. The quantitative estimate of drug-likeness (QED) is 0.245. The molecule has 164 valence electrons. The van der Waals surface area contributed by atoms with Gasteiger partial charge in [0.05, 0.1) is 24.1 Å². The Bertz CT molecular complexity index is 1370. The first-order valence-corrected chi connectivity index (χ1v) is 12.3. The summed E-state index contributed by atoms with van der Waals surface area (Å²) in [5.74, 6) is 2.09. The van der Waals surface area contributed by atoms with Gasteiger partial charge in [0.15, 0.2) is 11.0 Å². The molecule has 2 aromatic carbocycles. The first-order chi connectivity index (χ1) is 16.2. The van der Waals surface area contributed by atoms with Crippen LogP contribution in [0.15, 0.2) is 83.5 Å². The third-order valence-corrected chi connectivity index (χ3v) is 6.98. The largest absolute Gasteiger partial charge is 0.496 e. The number of para-hydroxylation sites is 1. The van der Waals surface area contributed by atoms with Gasteiger partial charge in [-0.15, -0.1) is 21.5 Å². The average Bonchev–Trinajstić information content (AvgIpc) is 3.51. The van der Waals surface area contributed by atoms with Gasteiger partial charge < -0.3 is 4.74 Å². The Balaban J connectivity index is 1.48. The van der Waals surface area contributed by atoms with Crippen molar-refractivity contribution in [1.29, 1.82) is 0 Å². The van der Waals surface area contributed by atoms with E-state index in [4.69, 9.17) is 21.3 Å². The van der Waals surface area contributed by atoms with Crippen LogP contribution in [0.4, 0.5) is 0 Å². The number of hydrogen-bond acceptors (Lipinski definition) is 7. The molecular formula is C24H18ClN5OS2. The molecule has 0 saturated heterocycles. The molecule has 0 saturated carbocycles. The number of aromatic nitrogens is 5. The van der Waals surface area contributed by atoms with Crippen molar-refractivity contribution in [3.05, 3.63) is 89.0 Å². The van der Waals surface area contributed by atoms with Gasteiger partial charge in [-0.25, -0.2) is 4.98 Å². The van der Waals surface area contributed by atoms with Crippen molar-refractivity contribution in [2.75, 3.05) is 7.11 Å². The lowest BCUT2D eigenvalue weighted by Gasteiger charge is -2.12. The van der Waals surface area contributed by atoms with E-state index in [0.717, 1.165) is 38.6 Å². The Morgan fingerprint density at radius 1 is 1.00 bits per heavy atom. The van der Waals surface area contributed by atoms with Crippen molar-refractivity contribution in [3.8, 4) is 33.5 Å². The van der Waals surface area contributed by atoms with Gasteiger partial charge in [0.1, 0.15) is 10.8 Å². The summed E-state index contributed by atoms with van der Waals surface area (Å²) in [5, 5.41) is 13.4. The molecule has 5 aromatic rings. The molecule has 0 aliphatic heterocycles. The molecule has 0 unspecified atom stereocenters. The van der Waals surface area contributed by atoms with Crippen molar-refractivity contribution >= 4 is 34.7 Å². The molecule has 0 fully saturated rings. The van der Waals surface area contributed by atoms with Crippen molar-refractivity contribution in [2.45, 2.75) is 10.9 Å². The van der Waals surface area contributed by atoms with E-state index >= 15 is 0 Å². The molecule has 0 amide bonds. The lowest BCUT2D eigenvalue weighted by atomic mass is 10.2. The lowest BCUT2D eigenvalue weighted by Crippen LogP contribution is -2.01. The van der Waals surface area contributed by atoms with Crippen LogP contribution >= 0.6 is 34.7 Å². The zero-order chi connectivity index (χ0) is 22.6. The van der Waals surface area contributed by atoms with E-state index in [0.29, 0.717) is 16.6 Å². The predicted molar refractivity (Wildman–Crippen MR) is 133 cm³/mol. The summed E-state index contributed by atoms with van der Waals surface area (Å²) in [6, 6.07) is 21.2. The van der Waals surface area contributed by atoms with Crippen LogP contribution in [0.1, 0.15) is 5.69 Å². The molecule has 0 atom stereocenters. The number of hydrogen-bond donors (Lipinski definition) is 0. The first kappa shape index (κ1) is 21.6. The van der Waals surface area contributed by atoms with Crippen LogP contribution in [0.2, 0.25) is 5.02 Å². The van der Waals surface area contributed by atoms with Crippen LogP contribution in [0.5, 0.6) is 5.75 Å². The van der Waals surface area contributed by atoms with Gasteiger partial charge in [0.2, 0.25) is 0 Å². The van der Waals surface area contributed by atoms with E-state index in [1.807, 2.05) is 71.3 Å². The zero-order valence-corrected chi connectivity index (χ0v) is 19.9. The van der Waals surface area contributed by atoms with Crippen molar-refractivity contribution in [1.82, 2.24) is 24.7 Å². The summed E-state index contributed by atoms with van der Waals surface area (Å²) in [7, 11) is 1.65. The Kier molecular flexibility index (Phi) is 6.39. The molecule has 0 radical (unpaired) electrons. The molecule has 5 rings (SSSR count). The highest BCUT2D eigenvalue weighted by Gasteiger charge is 2.19. The molecule has 0 spiro atoms. The third kappa shape index (κ3) is 4.64. The van der Waals surface area contributed by atoms with Gasteiger partial charge >= 0.3 is 0 Å². The van der Waals surface area contributed by atoms with Gasteiger partial charge in [0, 0.05) is 28.0 Å². The molecule has 6 nitrogen and oxygen atoms in total. The minimum Gasteiger partial charge on any atom is -0.496 e. The zero-order valence-electron chi connectivity index (χ0n) is 17.6. The Morgan fingerprint density at radius 3 is 2.61 bits per heavy atom. The summed E-state index contributed by atoms with van der Waals surface area (Å²) in [6.07, 6.45) is 1.78. The fraction of sp³-hybridized carbons (Fsp3) is 0.0833.